The Morgan fingerprint density at radius 3 is 2.19 bits per heavy atom. The third-order valence-electron chi connectivity index (χ3n) is 5.12. The number of piperidine rings is 1. The molecule has 2 aliphatic heterocycles. The zero-order chi connectivity index (χ0) is 23.7. The minimum Gasteiger partial charge on any atom is -0.490 e. The van der Waals surface area contributed by atoms with Gasteiger partial charge in [-0.1, -0.05) is 0 Å². The summed E-state index contributed by atoms with van der Waals surface area (Å²) in [6.07, 6.45) is -8.29. The number of alkyl halides is 4. The van der Waals surface area contributed by atoms with Gasteiger partial charge in [0.2, 0.25) is 10.0 Å². The SMILES string of the molecule is CN1C(=O)NC(=O)C1CS(=O)(=O)N1CCC(Oc2ccc(OC(F)(F)C(F)F)cc2)CC1. The van der Waals surface area contributed by atoms with E-state index in [4.69, 9.17) is 4.74 Å². The van der Waals surface area contributed by atoms with Crippen LogP contribution >= 0.6 is 0 Å². The summed E-state index contributed by atoms with van der Waals surface area (Å²) in [5, 5.41) is 2.06. The van der Waals surface area contributed by atoms with E-state index >= 15 is 0 Å². The van der Waals surface area contributed by atoms with Crippen LogP contribution in [0.2, 0.25) is 0 Å². The summed E-state index contributed by atoms with van der Waals surface area (Å²) in [6, 6.07) is 2.94. The van der Waals surface area contributed by atoms with Crippen LogP contribution in [-0.4, -0.2) is 80.1 Å². The highest BCUT2D eigenvalue weighted by Crippen LogP contribution is 2.29. The number of urea groups is 1. The molecule has 1 aromatic carbocycles. The number of benzene rings is 1. The van der Waals surface area contributed by atoms with Gasteiger partial charge in [-0.2, -0.15) is 17.6 Å². The third kappa shape index (κ3) is 5.41. The molecule has 32 heavy (non-hydrogen) atoms. The van der Waals surface area contributed by atoms with E-state index in [-0.39, 0.29) is 24.9 Å². The number of sulfonamides is 1. The molecule has 9 nitrogen and oxygen atoms in total. The van der Waals surface area contributed by atoms with Gasteiger partial charge in [-0.05, 0) is 37.1 Å². The first-order chi connectivity index (χ1) is 14.9. The lowest BCUT2D eigenvalue weighted by Crippen LogP contribution is -2.47. The zero-order valence-corrected chi connectivity index (χ0v) is 17.7. The summed E-state index contributed by atoms with van der Waals surface area (Å²) >= 11 is 0. The number of halogens is 4. The lowest BCUT2D eigenvalue weighted by Gasteiger charge is -2.32. The van der Waals surface area contributed by atoms with Gasteiger partial charge in [0.05, 0.1) is 5.75 Å². The summed E-state index contributed by atoms with van der Waals surface area (Å²) in [7, 11) is -2.47. The highest BCUT2D eigenvalue weighted by atomic mass is 32.2. The molecule has 0 saturated carbocycles. The monoisotopic (exact) mass is 483 g/mol. The van der Waals surface area contributed by atoms with Crippen LogP contribution < -0.4 is 14.8 Å². The minimum absolute atomic E-state index is 0.126. The fourth-order valence-electron chi connectivity index (χ4n) is 3.30. The van der Waals surface area contributed by atoms with E-state index in [1.807, 2.05) is 0 Å². The Morgan fingerprint density at radius 2 is 1.69 bits per heavy atom. The first-order valence-corrected chi connectivity index (χ1v) is 11.2. The molecule has 0 aliphatic carbocycles. The van der Waals surface area contributed by atoms with E-state index in [0.717, 1.165) is 17.0 Å². The van der Waals surface area contributed by atoms with Crippen molar-refractivity contribution in [1.29, 1.82) is 0 Å². The molecule has 1 atom stereocenters. The fourth-order valence-corrected chi connectivity index (χ4v) is 5.05. The fraction of sp³-hybridized carbons (Fsp3) is 0.556. The van der Waals surface area contributed by atoms with Crippen molar-refractivity contribution in [2.45, 2.75) is 37.5 Å². The van der Waals surface area contributed by atoms with Crippen LogP contribution in [0.1, 0.15) is 12.8 Å². The Labute approximate surface area is 181 Å². The second-order valence-electron chi connectivity index (χ2n) is 7.35. The number of likely N-dealkylation sites (N-methyl/N-ethyl adjacent to an activating group) is 1. The summed E-state index contributed by atoms with van der Waals surface area (Å²) in [5.74, 6) is -1.38. The lowest BCUT2D eigenvalue weighted by atomic mass is 10.1. The first-order valence-electron chi connectivity index (χ1n) is 9.56. The van der Waals surface area contributed by atoms with Crippen LogP contribution in [0.25, 0.3) is 0 Å². The topological polar surface area (TPSA) is 105 Å². The molecule has 0 bridgehead atoms. The molecule has 1 unspecified atom stereocenters. The Hall–Kier alpha value is -2.61. The van der Waals surface area contributed by atoms with Crippen molar-refractivity contribution >= 4 is 22.0 Å². The molecule has 1 aromatic rings. The van der Waals surface area contributed by atoms with E-state index < -0.39 is 52.0 Å². The van der Waals surface area contributed by atoms with Crippen LogP contribution in [0.4, 0.5) is 22.4 Å². The molecular weight excluding hydrogens is 462 g/mol. The molecule has 3 rings (SSSR count). The quantitative estimate of drug-likeness (QED) is 0.445. The van der Waals surface area contributed by atoms with Crippen molar-refractivity contribution in [3.8, 4) is 11.5 Å². The van der Waals surface area contributed by atoms with E-state index in [0.29, 0.717) is 12.8 Å². The van der Waals surface area contributed by atoms with Crippen LogP contribution in [-0.2, 0) is 14.8 Å². The van der Waals surface area contributed by atoms with Gasteiger partial charge in [0.25, 0.3) is 5.91 Å². The van der Waals surface area contributed by atoms with Gasteiger partial charge in [-0.3, -0.25) is 10.1 Å². The molecule has 2 fully saturated rings. The summed E-state index contributed by atoms with van der Waals surface area (Å²) in [6.45, 7) is 0.252. The number of rotatable bonds is 8. The second kappa shape index (κ2) is 9.10. The van der Waals surface area contributed by atoms with Crippen molar-refractivity contribution < 1.29 is 45.0 Å². The number of ether oxygens (including phenoxy) is 2. The summed E-state index contributed by atoms with van der Waals surface area (Å²) in [4.78, 5) is 24.3. The Morgan fingerprint density at radius 1 is 1.12 bits per heavy atom. The Bertz CT molecular complexity index is 952. The van der Waals surface area contributed by atoms with Crippen molar-refractivity contribution in [2.24, 2.45) is 0 Å². The number of nitrogens with zero attached hydrogens (tertiary/aromatic N) is 2. The Balaban J connectivity index is 1.51. The predicted octanol–water partition coefficient (Wildman–Crippen LogP) is 1.65. The van der Waals surface area contributed by atoms with Gasteiger partial charge in [-0.15, -0.1) is 0 Å². The number of hydrogen-bond acceptors (Lipinski definition) is 6. The van der Waals surface area contributed by atoms with E-state index in [9.17, 15) is 35.6 Å². The number of amides is 3. The molecule has 0 aromatic heterocycles. The van der Waals surface area contributed by atoms with Crippen molar-refractivity contribution in [3.05, 3.63) is 24.3 Å². The smallest absolute Gasteiger partial charge is 0.461 e. The standard InChI is InChI=1S/C18H21F4N3O6S/c1-24-14(15(26)23-17(24)27)10-32(28,29)25-8-6-12(7-9-25)30-11-2-4-13(5-3-11)31-18(21,22)16(19)20/h2-5,12,14,16H,6-10H2,1H3,(H,23,26,27). The first kappa shape index (κ1) is 24.0. The van der Waals surface area contributed by atoms with Crippen molar-refractivity contribution in [1.82, 2.24) is 14.5 Å². The maximum Gasteiger partial charge on any atom is 0.461 e. The van der Waals surface area contributed by atoms with Gasteiger partial charge in [0.1, 0.15) is 23.6 Å². The number of carbonyl (C=O) groups is 2. The van der Waals surface area contributed by atoms with Gasteiger partial charge >= 0.3 is 18.6 Å². The molecule has 1 N–H and O–H groups in total. The normalized spacial score (nSPS) is 21.2. The van der Waals surface area contributed by atoms with Gasteiger partial charge in [-0.25, -0.2) is 17.5 Å². The molecule has 0 radical (unpaired) electrons. The van der Waals surface area contributed by atoms with Crippen molar-refractivity contribution in [3.63, 3.8) is 0 Å². The van der Waals surface area contributed by atoms with E-state index in [1.54, 1.807) is 0 Å². The van der Waals surface area contributed by atoms with Crippen LogP contribution in [0.15, 0.2) is 24.3 Å². The largest absolute Gasteiger partial charge is 0.490 e. The molecule has 14 heteroatoms. The molecule has 2 aliphatic rings. The molecular formula is C18H21F4N3O6S. The number of carbonyl (C=O) groups excluding carboxylic acids is 2. The molecule has 3 amide bonds. The lowest BCUT2D eigenvalue weighted by molar-refractivity contribution is -0.253. The van der Waals surface area contributed by atoms with E-state index in [2.05, 4.69) is 10.1 Å². The van der Waals surface area contributed by atoms with Gasteiger partial charge in [0.15, 0.2) is 0 Å². The average Bonchev–Trinajstić information content (AvgIpc) is 2.95. The summed E-state index contributed by atoms with van der Waals surface area (Å²) in [5.41, 5.74) is 0. The molecule has 178 valence electrons. The Kier molecular flexibility index (Phi) is 6.83. The molecule has 0 spiro atoms. The maximum atomic E-state index is 12.9. The van der Waals surface area contributed by atoms with Crippen LogP contribution in [0.3, 0.4) is 0 Å². The molecule has 2 heterocycles. The third-order valence-corrected chi connectivity index (χ3v) is 7.01. The maximum absolute atomic E-state index is 12.9. The second-order valence-corrected chi connectivity index (χ2v) is 9.37. The average molecular weight is 483 g/mol. The highest BCUT2D eigenvalue weighted by molar-refractivity contribution is 7.89. The number of hydrogen-bond donors (Lipinski definition) is 1. The molecule has 2 saturated heterocycles. The van der Waals surface area contributed by atoms with Gasteiger partial charge < -0.3 is 14.4 Å². The number of nitrogens with one attached hydrogen (secondary N) is 1. The van der Waals surface area contributed by atoms with Crippen LogP contribution in [0, 0.1) is 0 Å². The summed E-state index contributed by atoms with van der Waals surface area (Å²) < 4.78 is 86.4. The van der Waals surface area contributed by atoms with E-state index in [1.165, 1.54) is 23.5 Å². The number of imide groups is 1. The van der Waals surface area contributed by atoms with Crippen LogP contribution in [0.5, 0.6) is 11.5 Å². The predicted molar refractivity (Wildman–Crippen MR) is 102 cm³/mol. The highest BCUT2D eigenvalue weighted by Gasteiger charge is 2.44. The zero-order valence-electron chi connectivity index (χ0n) is 16.8. The van der Waals surface area contributed by atoms with Gasteiger partial charge in [0, 0.05) is 20.1 Å². The van der Waals surface area contributed by atoms with Crippen molar-refractivity contribution in [2.75, 3.05) is 25.9 Å². The minimum atomic E-state index is -4.61.